The first-order valence-electron chi connectivity index (χ1n) is 10.8. The molecule has 0 bridgehead atoms. The number of hydrogen-bond acceptors (Lipinski definition) is 4. The Kier molecular flexibility index (Phi) is 10.9. The molecule has 170 valence electrons. The predicted molar refractivity (Wildman–Crippen MR) is 139 cm³/mol. The number of para-hydroxylation sites is 1. The van der Waals surface area contributed by atoms with Crippen molar-refractivity contribution in [1.29, 1.82) is 0 Å². The van der Waals surface area contributed by atoms with Gasteiger partial charge in [-0.1, -0.05) is 37.3 Å². The summed E-state index contributed by atoms with van der Waals surface area (Å²) in [5, 5.41) is 6.87. The van der Waals surface area contributed by atoms with Crippen molar-refractivity contribution in [2.75, 3.05) is 44.9 Å². The van der Waals surface area contributed by atoms with Gasteiger partial charge in [0.2, 0.25) is 0 Å². The molecular weight excluding hydrogens is 503 g/mol. The lowest BCUT2D eigenvalue weighted by molar-refractivity contribution is 0.122. The number of halogens is 1. The van der Waals surface area contributed by atoms with Crippen molar-refractivity contribution < 1.29 is 9.47 Å². The molecule has 7 heteroatoms. The van der Waals surface area contributed by atoms with Crippen molar-refractivity contribution in [3.63, 3.8) is 0 Å². The van der Waals surface area contributed by atoms with E-state index in [0.29, 0.717) is 13.1 Å². The molecular formula is C24H35IN4O2. The molecule has 1 saturated heterocycles. The van der Waals surface area contributed by atoms with E-state index >= 15 is 0 Å². The number of morpholine rings is 1. The molecule has 0 aliphatic carbocycles. The highest BCUT2D eigenvalue weighted by molar-refractivity contribution is 14.0. The third kappa shape index (κ3) is 7.57. The first-order chi connectivity index (χ1) is 14.7. The second-order valence-corrected chi connectivity index (χ2v) is 7.47. The highest BCUT2D eigenvalue weighted by Crippen LogP contribution is 2.22. The zero-order chi connectivity index (χ0) is 21.2. The molecule has 31 heavy (non-hydrogen) atoms. The molecule has 1 aliphatic rings. The van der Waals surface area contributed by atoms with Crippen molar-refractivity contribution >= 4 is 35.6 Å². The van der Waals surface area contributed by atoms with Crippen LogP contribution in [0.4, 0.5) is 5.69 Å². The number of nitrogens with one attached hydrogen (secondary N) is 2. The van der Waals surface area contributed by atoms with Gasteiger partial charge in [0.1, 0.15) is 5.75 Å². The molecule has 2 aromatic carbocycles. The van der Waals surface area contributed by atoms with Gasteiger partial charge in [-0.25, -0.2) is 0 Å². The quantitative estimate of drug-likeness (QED) is 0.301. The van der Waals surface area contributed by atoms with Gasteiger partial charge in [0.05, 0.1) is 19.8 Å². The first kappa shape index (κ1) is 25.3. The molecule has 0 atom stereocenters. The summed E-state index contributed by atoms with van der Waals surface area (Å²) >= 11 is 0. The fourth-order valence-corrected chi connectivity index (χ4v) is 3.51. The number of nitrogens with zero attached hydrogens (tertiary/aromatic N) is 2. The van der Waals surface area contributed by atoms with Gasteiger partial charge in [0.15, 0.2) is 5.96 Å². The second-order valence-electron chi connectivity index (χ2n) is 7.47. The Morgan fingerprint density at radius 2 is 1.77 bits per heavy atom. The summed E-state index contributed by atoms with van der Waals surface area (Å²) in [6.07, 6.45) is 0.993. The van der Waals surface area contributed by atoms with Crippen LogP contribution in [0.1, 0.15) is 30.0 Å². The lowest BCUT2D eigenvalue weighted by Crippen LogP contribution is -2.39. The lowest BCUT2D eigenvalue weighted by atomic mass is 10.1. The van der Waals surface area contributed by atoms with Gasteiger partial charge in [-0.3, -0.25) is 4.99 Å². The van der Waals surface area contributed by atoms with Gasteiger partial charge in [-0.2, -0.15) is 0 Å². The van der Waals surface area contributed by atoms with E-state index in [9.17, 15) is 0 Å². The van der Waals surface area contributed by atoms with Crippen LogP contribution in [-0.4, -0.2) is 45.9 Å². The van der Waals surface area contributed by atoms with Crippen LogP contribution in [0.2, 0.25) is 0 Å². The summed E-state index contributed by atoms with van der Waals surface area (Å²) in [5.41, 5.74) is 4.85. The molecule has 0 radical (unpaired) electrons. The molecule has 1 aliphatic heterocycles. The summed E-state index contributed by atoms with van der Waals surface area (Å²) in [4.78, 5) is 6.78. The first-order valence-corrected chi connectivity index (χ1v) is 10.8. The normalized spacial score (nSPS) is 14.0. The van der Waals surface area contributed by atoms with Crippen molar-refractivity contribution in [2.45, 2.75) is 33.4 Å². The Morgan fingerprint density at radius 3 is 2.48 bits per heavy atom. The molecule has 2 aromatic rings. The molecule has 0 spiro atoms. The van der Waals surface area contributed by atoms with E-state index in [1.165, 1.54) is 16.8 Å². The summed E-state index contributed by atoms with van der Waals surface area (Å²) in [6.45, 7) is 9.71. The van der Waals surface area contributed by atoms with E-state index in [0.717, 1.165) is 56.6 Å². The van der Waals surface area contributed by atoms with Crippen LogP contribution in [0.5, 0.6) is 5.75 Å². The standard InChI is InChI=1S/C24H34N4O2.HI/c1-4-13-30-23-16-19(2)9-10-21(23)18-27-24(25-3)26-17-20-7-5-6-8-22(20)28-11-14-29-15-12-28;/h5-10,16H,4,11-15,17-18H2,1-3H3,(H2,25,26,27);1H. The maximum atomic E-state index is 5.93. The number of ether oxygens (including phenoxy) is 2. The molecule has 3 rings (SSSR count). The third-order valence-corrected chi connectivity index (χ3v) is 5.14. The number of anilines is 1. The number of rotatable bonds is 8. The van der Waals surface area contributed by atoms with E-state index in [1.807, 2.05) is 0 Å². The fraction of sp³-hybridized carbons (Fsp3) is 0.458. The topological polar surface area (TPSA) is 58.1 Å². The van der Waals surface area contributed by atoms with Crippen molar-refractivity contribution in [3.8, 4) is 5.75 Å². The average molecular weight is 538 g/mol. The molecule has 1 heterocycles. The second kappa shape index (κ2) is 13.4. The summed E-state index contributed by atoms with van der Waals surface area (Å²) in [6, 6.07) is 14.9. The Bertz CT molecular complexity index is 838. The van der Waals surface area contributed by atoms with Gasteiger partial charge in [0.25, 0.3) is 0 Å². The van der Waals surface area contributed by atoms with Gasteiger partial charge >= 0.3 is 0 Å². The van der Waals surface area contributed by atoms with Gasteiger partial charge < -0.3 is 25.0 Å². The van der Waals surface area contributed by atoms with Gasteiger partial charge in [0, 0.05) is 44.5 Å². The minimum absolute atomic E-state index is 0. The van der Waals surface area contributed by atoms with Crippen LogP contribution in [0.25, 0.3) is 0 Å². The lowest BCUT2D eigenvalue weighted by Gasteiger charge is -2.30. The van der Waals surface area contributed by atoms with Crippen molar-refractivity contribution in [1.82, 2.24) is 10.6 Å². The Balaban J connectivity index is 0.00000341. The number of guanidine groups is 1. The summed E-state index contributed by atoms with van der Waals surface area (Å²) in [5.74, 6) is 1.71. The van der Waals surface area contributed by atoms with Crippen LogP contribution in [0.15, 0.2) is 47.5 Å². The van der Waals surface area contributed by atoms with Crippen LogP contribution < -0.4 is 20.3 Å². The third-order valence-electron chi connectivity index (χ3n) is 5.14. The molecule has 0 amide bonds. The SMILES string of the molecule is CCCOc1cc(C)ccc1CNC(=NC)NCc1ccccc1N1CCOCC1.I. The van der Waals surface area contributed by atoms with Crippen molar-refractivity contribution in [2.24, 2.45) is 4.99 Å². The molecule has 1 fully saturated rings. The number of aliphatic imine (C=N–C) groups is 1. The van der Waals surface area contributed by atoms with Crippen LogP contribution in [0.3, 0.4) is 0 Å². The van der Waals surface area contributed by atoms with E-state index in [-0.39, 0.29) is 24.0 Å². The summed E-state index contributed by atoms with van der Waals surface area (Å²) < 4.78 is 11.4. The van der Waals surface area contributed by atoms with Crippen LogP contribution in [0, 0.1) is 6.92 Å². The maximum absolute atomic E-state index is 5.93. The minimum atomic E-state index is 0. The Labute approximate surface area is 203 Å². The van der Waals surface area contributed by atoms with E-state index in [4.69, 9.17) is 9.47 Å². The highest BCUT2D eigenvalue weighted by atomic mass is 127. The highest BCUT2D eigenvalue weighted by Gasteiger charge is 2.14. The number of hydrogen-bond donors (Lipinski definition) is 2. The summed E-state index contributed by atoms with van der Waals surface area (Å²) in [7, 11) is 1.80. The van der Waals surface area contributed by atoms with Crippen LogP contribution in [-0.2, 0) is 17.8 Å². The largest absolute Gasteiger partial charge is 0.493 e. The molecule has 6 nitrogen and oxygen atoms in total. The minimum Gasteiger partial charge on any atom is -0.493 e. The monoisotopic (exact) mass is 538 g/mol. The van der Waals surface area contributed by atoms with Crippen molar-refractivity contribution in [3.05, 3.63) is 59.2 Å². The average Bonchev–Trinajstić information content (AvgIpc) is 2.79. The molecule has 0 aromatic heterocycles. The smallest absolute Gasteiger partial charge is 0.191 e. The Hall–Kier alpha value is -2.00. The van der Waals surface area contributed by atoms with E-state index in [2.05, 4.69) is 76.8 Å². The zero-order valence-electron chi connectivity index (χ0n) is 18.8. The predicted octanol–water partition coefficient (Wildman–Crippen LogP) is 4.10. The zero-order valence-corrected chi connectivity index (χ0v) is 21.1. The van der Waals surface area contributed by atoms with Crippen LogP contribution >= 0.6 is 24.0 Å². The van der Waals surface area contributed by atoms with Gasteiger partial charge in [-0.15, -0.1) is 24.0 Å². The van der Waals surface area contributed by atoms with E-state index < -0.39 is 0 Å². The number of aryl methyl sites for hydroxylation is 1. The molecule has 0 saturated carbocycles. The van der Waals surface area contributed by atoms with Gasteiger partial charge in [-0.05, 0) is 36.6 Å². The molecule has 0 unspecified atom stereocenters. The Morgan fingerprint density at radius 1 is 1.06 bits per heavy atom. The maximum Gasteiger partial charge on any atom is 0.191 e. The van der Waals surface area contributed by atoms with E-state index in [1.54, 1.807) is 7.05 Å². The molecule has 2 N–H and O–H groups in total. The number of benzene rings is 2. The fourth-order valence-electron chi connectivity index (χ4n) is 3.51.